The summed E-state index contributed by atoms with van der Waals surface area (Å²) in [6, 6.07) is 33.9. The van der Waals surface area contributed by atoms with Crippen LogP contribution in [0.2, 0.25) is 5.02 Å². The number of rotatable bonds is 4. The van der Waals surface area contributed by atoms with Gasteiger partial charge in [0.2, 0.25) is 0 Å². The Morgan fingerprint density at radius 1 is 0.733 bits per heavy atom. The third kappa shape index (κ3) is 3.34. The van der Waals surface area contributed by atoms with Gasteiger partial charge >= 0.3 is 0 Å². The summed E-state index contributed by atoms with van der Waals surface area (Å²) in [5.74, 6) is 0. The number of hydrogen-bond donors (Lipinski definition) is 1. The molecule has 4 aromatic rings. The van der Waals surface area contributed by atoms with Crippen molar-refractivity contribution in [3.8, 4) is 22.3 Å². The first-order chi connectivity index (χ1) is 14.7. The van der Waals surface area contributed by atoms with Crippen molar-refractivity contribution in [1.29, 1.82) is 0 Å². The standard InChI is InChI=1S/C27H23ClN2/c1-2-27-29-25-9-5-6-10-26(25)30(27)22-17-15-20(16-18-22)19-11-13-21(14-12-19)23-7-3-4-8-24(23)28/h3-18,27,29H,2H2,1H3. The number of nitrogens with one attached hydrogen (secondary N) is 1. The highest BCUT2D eigenvalue weighted by Crippen LogP contribution is 2.41. The molecule has 0 aromatic heterocycles. The Kier molecular flexibility index (Phi) is 4.94. The summed E-state index contributed by atoms with van der Waals surface area (Å²) in [5.41, 5.74) is 8.24. The molecule has 0 bridgehead atoms. The van der Waals surface area contributed by atoms with Gasteiger partial charge in [0, 0.05) is 16.3 Å². The van der Waals surface area contributed by atoms with Gasteiger partial charge in [0.15, 0.2) is 0 Å². The molecule has 148 valence electrons. The second kappa shape index (κ2) is 7.89. The van der Waals surface area contributed by atoms with Crippen LogP contribution in [-0.4, -0.2) is 6.17 Å². The molecule has 1 aliphatic rings. The quantitative estimate of drug-likeness (QED) is 0.367. The molecule has 30 heavy (non-hydrogen) atoms. The van der Waals surface area contributed by atoms with E-state index in [1.54, 1.807) is 0 Å². The molecule has 0 amide bonds. The van der Waals surface area contributed by atoms with E-state index in [1.165, 1.54) is 28.2 Å². The Hall–Kier alpha value is -3.23. The van der Waals surface area contributed by atoms with Crippen LogP contribution in [-0.2, 0) is 0 Å². The van der Waals surface area contributed by atoms with Gasteiger partial charge in [-0.2, -0.15) is 0 Å². The molecular weight excluding hydrogens is 388 g/mol. The second-order valence-corrected chi connectivity index (χ2v) is 7.97. The third-order valence-corrected chi connectivity index (χ3v) is 6.06. The van der Waals surface area contributed by atoms with Crippen LogP contribution in [0.15, 0.2) is 97.1 Å². The first kappa shape index (κ1) is 18.8. The van der Waals surface area contributed by atoms with E-state index < -0.39 is 0 Å². The van der Waals surface area contributed by atoms with Crippen molar-refractivity contribution < 1.29 is 0 Å². The van der Waals surface area contributed by atoms with E-state index in [0.29, 0.717) is 0 Å². The van der Waals surface area contributed by atoms with Gasteiger partial charge in [0.05, 0.1) is 11.4 Å². The van der Waals surface area contributed by atoms with Gasteiger partial charge in [-0.15, -0.1) is 0 Å². The van der Waals surface area contributed by atoms with E-state index in [4.69, 9.17) is 11.6 Å². The lowest BCUT2D eigenvalue weighted by Gasteiger charge is -2.26. The molecule has 1 N–H and O–H groups in total. The number of benzene rings is 4. The molecule has 1 unspecified atom stereocenters. The second-order valence-electron chi connectivity index (χ2n) is 7.56. The molecule has 0 saturated carbocycles. The molecule has 1 aliphatic heterocycles. The molecule has 0 saturated heterocycles. The maximum absolute atomic E-state index is 6.35. The number of hydrogen-bond acceptors (Lipinski definition) is 2. The maximum Gasteiger partial charge on any atom is 0.104 e. The zero-order valence-corrected chi connectivity index (χ0v) is 17.6. The van der Waals surface area contributed by atoms with Gasteiger partial charge in [0.25, 0.3) is 0 Å². The van der Waals surface area contributed by atoms with Crippen molar-refractivity contribution in [3.63, 3.8) is 0 Å². The summed E-state index contributed by atoms with van der Waals surface area (Å²) in [4.78, 5) is 2.39. The first-order valence-corrected chi connectivity index (χ1v) is 10.7. The minimum Gasteiger partial charge on any atom is -0.363 e. The lowest BCUT2D eigenvalue weighted by Crippen LogP contribution is -2.30. The lowest BCUT2D eigenvalue weighted by atomic mass is 10.00. The van der Waals surface area contributed by atoms with Crippen LogP contribution in [0, 0.1) is 0 Å². The van der Waals surface area contributed by atoms with Crippen LogP contribution in [0.25, 0.3) is 22.3 Å². The molecule has 4 aromatic carbocycles. The van der Waals surface area contributed by atoms with E-state index in [0.717, 1.165) is 22.6 Å². The minimum absolute atomic E-state index is 0.281. The maximum atomic E-state index is 6.35. The number of fused-ring (bicyclic) bond motifs is 1. The van der Waals surface area contributed by atoms with Crippen LogP contribution in [0.5, 0.6) is 0 Å². The SMILES string of the molecule is CCC1Nc2ccccc2N1c1ccc(-c2ccc(-c3ccccc3Cl)cc2)cc1. The van der Waals surface area contributed by atoms with Crippen LogP contribution < -0.4 is 10.2 Å². The fraction of sp³-hybridized carbons (Fsp3) is 0.111. The number of anilines is 3. The topological polar surface area (TPSA) is 15.3 Å². The predicted octanol–water partition coefficient (Wildman–Crippen LogP) is 7.97. The Balaban J connectivity index is 1.42. The molecule has 5 rings (SSSR count). The fourth-order valence-corrected chi connectivity index (χ4v) is 4.42. The predicted molar refractivity (Wildman–Crippen MR) is 129 cm³/mol. The summed E-state index contributed by atoms with van der Waals surface area (Å²) >= 11 is 6.35. The van der Waals surface area contributed by atoms with Gasteiger partial charge in [0.1, 0.15) is 6.17 Å². The summed E-state index contributed by atoms with van der Waals surface area (Å²) in [7, 11) is 0. The zero-order chi connectivity index (χ0) is 20.5. The van der Waals surface area contributed by atoms with Gasteiger partial charge in [-0.05, 0) is 53.4 Å². The molecule has 3 heteroatoms. The summed E-state index contributed by atoms with van der Waals surface area (Å²) in [5, 5.41) is 4.40. The molecule has 0 aliphatic carbocycles. The minimum atomic E-state index is 0.281. The normalized spacial score (nSPS) is 15.0. The number of para-hydroxylation sites is 2. The number of nitrogens with zero attached hydrogens (tertiary/aromatic N) is 1. The van der Waals surface area contributed by atoms with E-state index in [1.807, 2.05) is 18.2 Å². The molecule has 0 radical (unpaired) electrons. The van der Waals surface area contributed by atoms with E-state index in [9.17, 15) is 0 Å². The highest BCUT2D eigenvalue weighted by atomic mass is 35.5. The molecular formula is C27H23ClN2. The summed E-state index contributed by atoms with van der Waals surface area (Å²) in [6.07, 6.45) is 1.31. The highest BCUT2D eigenvalue weighted by molar-refractivity contribution is 6.33. The Labute approximate surface area is 182 Å². The average Bonchev–Trinajstić information content (AvgIpc) is 3.18. The largest absolute Gasteiger partial charge is 0.363 e. The van der Waals surface area contributed by atoms with Crippen LogP contribution in [0.3, 0.4) is 0 Å². The van der Waals surface area contributed by atoms with Gasteiger partial charge in [-0.25, -0.2) is 0 Å². The Morgan fingerprint density at radius 2 is 1.33 bits per heavy atom. The van der Waals surface area contributed by atoms with Crippen molar-refractivity contribution in [2.45, 2.75) is 19.5 Å². The van der Waals surface area contributed by atoms with Crippen molar-refractivity contribution in [3.05, 3.63) is 102 Å². The fourth-order valence-electron chi connectivity index (χ4n) is 4.17. The van der Waals surface area contributed by atoms with Crippen LogP contribution in [0.1, 0.15) is 13.3 Å². The molecule has 1 heterocycles. The van der Waals surface area contributed by atoms with Crippen molar-refractivity contribution in [1.82, 2.24) is 0 Å². The van der Waals surface area contributed by atoms with Crippen LogP contribution >= 0.6 is 11.6 Å². The third-order valence-electron chi connectivity index (χ3n) is 5.73. The lowest BCUT2D eigenvalue weighted by molar-refractivity contribution is 0.728. The van der Waals surface area contributed by atoms with E-state index >= 15 is 0 Å². The monoisotopic (exact) mass is 410 g/mol. The van der Waals surface area contributed by atoms with Crippen molar-refractivity contribution in [2.75, 3.05) is 10.2 Å². The van der Waals surface area contributed by atoms with Crippen molar-refractivity contribution in [2.24, 2.45) is 0 Å². The zero-order valence-electron chi connectivity index (χ0n) is 16.8. The van der Waals surface area contributed by atoms with Gasteiger partial charge in [-0.3, -0.25) is 0 Å². The van der Waals surface area contributed by atoms with Gasteiger partial charge < -0.3 is 10.2 Å². The van der Waals surface area contributed by atoms with E-state index in [-0.39, 0.29) is 6.17 Å². The Bertz CT molecular complexity index is 1170. The molecule has 2 nitrogen and oxygen atoms in total. The summed E-state index contributed by atoms with van der Waals surface area (Å²) < 4.78 is 0. The smallest absolute Gasteiger partial charge is 0.104 e. The molecule has 0 fully saturated rings. The van der Waals surface area contributed by atoms with Gasteiger partial charge in [-0.1, -0.05) is 85.3 Å². The summed E-state index contributed by atoms with van der Waals surface area (Å²) in [6.45, 7) is 2.21. The average molecular weight is 411 g/mol. The van der Waals surface area contributed by atoms with E-state index in [2.05, 4.69) is 96.0 Å². The Morgan fingerprint density at radius 3 is 2.03 bits per heavy atom. The molecule has 0 spiro atoms. The van der Waals surface area contributed by atoms with Crippen molar-refractivity contribution >= 4 is 28.7 Å². The van der Waals surface area contributed by atoms with Crippen LogP contribution in [0.4, 0.5) is 17.1 Å². The highest BCUT2D eigenvalue weighted by Gasteiger charge is 2.28. The number of halogens is 1. The first-order valence-electron chi connectivity index (χ1n) is 10.3. The molecule has 1 atom stereocenters.